The highest BCUT2D eigenvalue weighted by atomic mass is 14.9. The van der Waals surface area contributed by atoms with E-state index in [1.807, 2.05) is 18.2 Å². The average molecular weight is 276 g/mol. The summed E-state index contributed by atoms with van der Waals surface area (Å²) in [5.74, 6) is 0. The standard InChI is InChI=1S/C19H20N2/c1-14(17-9-4-6-15(12-17)13-20)21-19-11-5-8-16-7-2-3-10-18(16)19/h2-4,6-7,9-10,12,14,19,21H,5,8,11H2,1H3. The molecular weight excluding hydrogens is 256 g/mol. The van der Waals surface area contributed by atoms with E-state index in [1.54, 1.807) is 0 Å². The fraction of sp³-hybridized carbons (Fsp3) is 0.316. The molecule has 2 aromatic carbocycles. The smallest absolute Gasteiger partial charge is 0.0991 e. The summed E-state index contributed by atoms with van der Waals surface area (Å²) in [6.45, 7) is 2.17. The lowest BCUT2D eigenvalue weighted by Crippen LogP contribution is -2.27. The van der Waals surface area contributed by atoms with Crippen molar-refractivity contribution in [3.63, 3.8) is 0 Å². The average Bonchev–Trinajstić information content (AvgIpc) is 2.55. The third kappa shape index (κ3) is 2.99. The first-order valence-corrected chi connectivity index (χ1v) is 7.62. The van der Waals surface area contributed by atoms with Crippen LogP contribution in [0.4, 0.5) is 0 Å². The normalized spacial score (nSPS) is 18.6. The first kappa shape index (κ1) is 13.9. The number of hydrogen-bond donors (Lipinski definition) is 1. The minimum atomic E-state index is 0.245. The van der Waals surface area contributed by atoms with Gasteiger partial charge in [-0.15, -0.1) is 0 Å². The van der Waals surface area contributed by atoms with Gasteiger partial charge in [0.05, 0.1) is 11.6 Å². The van der Waals surface area contributed by atoms with Crippen LogP contribution in [-0.2, 0) is 6.42 Å². The van der Waals surface area contributed by atoms with Crippen LogP contribution in [0.15, 0.2) is 48.5 Å². The zero-order valence-electron chi connectivity index (χ0n) is 12.3. The largest absolute Gasteiger partial charge is 0.303 e. The highest BCUT2D eigenvalue weighted by Crippen LogP contribution is 2.31. The summed E-state index contributed by atoms with van der Waals surface area (Å²) >= 11 is 0. The molecule has 0 heterocycles. The van der Waals surface area contributed by atoms with E-state index in [-0.39, 0.29) is 6.04 Å². The number of fused-ring (bicyclic) bond motifs is 1. The van der Waals surface area contributed by atoms with Gasteiger partial charge in [-0.2, -0.15) is 5.26 Å². The van der Waals surface area contributed by atoms with Gasteiger partial charge in [0, 0.05) is 12.1 Å². The van der Waals surface area contributed by atoms with E-state index in [0.29, 0.717) is 6.04 Å². The summed E-state index contributed by atoms with van der Waals surface area (Å²) in [4.78, 5) is 0. The van der Waals surface area contributed by atoms with E-state index in [0.717, 1.165) is 5.56 Å². The molecule has 0 spiro atoms. The van der Waals surface area contributed by atoms with Gasteiger partial charge < -0.3 is 5.32 Å². The molecule has 106 valence electrons. The summed E-state index contributed by atoms with van der Waals surface area (Å²) in [5, 5.41) is 12.8. The fourth-order valence-corrected chi connectivity index (χ4v) is 3.20. The van der Waals surface area contributed by atoms with Crippen LogP contribution < -0.4 is 5.32 Å². The number of nitrogens with one attached hydrogen (secondary N) is 1. The van der Waals surface area contributed by atoms with E-state index >= 15 is 0 Å². The predicted molar refractivity (Wildman–Crippen MR) is 84.8 cm³/mol. The fourth-order valence-electron chi connectivity index (χ4n) is 3.20. The maximum atomic E-state index is 9.03. The van der Waals surface area contributed by atoms with Gasteiger partial charge >= 0.3 is 0 Å². The summed E-state index contributed by atoms with van der Waals surface area (Å²) in [6, 6.07) is 19.5. The van der Waals surface area contributed by atoms with Gasteiger partial charge in [0.2, 0.25) is 0 Å². The molecule has 0 bridgehead atoms. The number of hydrogen-bond acceptors (Lipinski definition) is 2. The van der Waals surface area contributed by atoms with Crippen molar-refractivity contribution in [2.75, 3.05) is 0 Å². The van der Waals surface area contributed by atoms with Crippen LogP contribution in [-0.4, -0.2) is 0 Å². The summed E-state index contributed by atoms with van der Waals surface area (Å²) in [5.41, 5.74) is 4.81. The number of benzene rings is 2. The van der Waals surface area contributed by atoms with Gasteiger partial charge in [0.25, 0.3) is 0 Å². The van der Waals surface area contributed by atoms with Crippen LogP contribution in [0.1, 0.15) is 54.1 Å². The Balaban J connectivity index is 1.79. The summed E-state index contributed by atoms with van der Waals surface area (Å²) < 4.78 is 0. The van der Waals surface area contributed by atoms with Crippen LogP contribution in [0.2, 0.25) is 0 Å². The number of nitriles is 1. The number of aryl methyl sites for hydroxylation is 1. The molecule has 1 aliphatic rings. The lowest BCUT2D eigenvalue weighted by molar-refractivity contribution is 0.415. The molecule has 2 atom stereocenters. The molecule has 3 rings (SSSR count). The maximum absolute atomic E-state index is 9.03. The van der Waals surface area contributed by atoms with E-state index in [2.05, 4.69) is 48.6 Å². The van der Waals surface area contributed by atoms with Gasteiger partial charge in [-0.25, -0.2) is 0 Å². The van der Waals surface area contributed by atoms with Gasteiger partial charge in [0.1, 0.15) is 0 Å². The van der Waals surface area contributed by atoms with Crippen LogP contribution in [0.25, 0.3) is 0 Å². The van der Waals surface area contributed by atoms with Crippen molar-refractivity contribution in [2.45, 2.75) is 38.3 Å². The Morgan fingerprint density at radius 3 is 2.90 bits per heavy atom. The zero-order valence-corrected chi connectivity index (χ0v) is 12.3. The Morgan fingerprint density at radius 1 is 1.19 bits per heavy atom. The molecule has 2 nitrogen and oxygen atoms in total. The Labute approximate surface area is 126 Å². The molecule has 2 aromatic rings. The first-order valence-electron chi connectivity index (χ1n) is 7.62. The molecular formula is C19H20N2. The molecule has 0 aliphatic heterocycles. The van der Waals surface area contributed by atoms with E-state index in [1.165, 1.54) is 36.0 Å². The first-order chi connectivity index (χ1) is 10.3. The minimum Gasteiger partial charge on any atom is -0.303 e. The maximum Gasteiger partial charge on any atom is 0.0991 e. The van der Waals surface area contributed by atoms with E-state index < -0.39 is 0 Å². The second-order valence-electron chi connectivity index (χ2n) is 5.77. The Bertz CT molecular complexity index is 669. The SMILES string of the molecule is CC(NC1CCCc2ccccc21)c1cccc(C#N)c1. The molecule has 2 unspecified atom stereocenters. The monoisotopic (exact) mass is 276 g/mol. The van der Waals surface area contributed by atoms with Crippen molar-refractivity contribution in [3.05, 3.63) is 70.8 Å². The highest BCUT2D eigenvalue weighted by Gasteiger charge is 2.21. The molecule has 0 radical (unpaired) electrons. The van der Waals surface area contributed by atoms with Crippen molar-refractivity contribution in [2.24, 2.45) is 0 Å². The van der Waals surface area contributed by atoms with Crippen molar-refractivity contribution >= 4 is 0 Å². The second-order valence-corrected chi connectivity index (χ2v) is 5.77. The molecule has 21 heavy (non-hydrogen) atoms. The summed E-state index contributed by atoms with van der Waals surface area (Å²) in [6.07, 6.45) is 3.60. The quantitative estimate of drug-likeness (QED) is 0.908. The van der Waals surface area contributed by atoms with E-state index in [4.69, 9.17) is 5.26 Å². The lowest BCUT2D eigenvalue weighted by atomic mass is 9.87. The Kier molecular flexibility index (Phi) is 4.03. The Hall–Kier alpha value is -2.11. The molecule has 1 aliphatic carbocycles. The van der Waals surface area contributed by atoms with Crippen molar-refractivity contribution < 1.29 is 0 Å². The van der Waals surface area contributed by atoms with Crippen LogP contribution in [0, 0.1) is 11.3 Å². The minimum absolute atomic E-state index is 0.245. The van der Waals surface area contributed by atoms with Crippen molar-refractivity contribution in [3.8, 4) is 6.07 Å². The molecule has 0 fully saturated rings. The third-order valence-electron chi connectivity index (χ3n) is 4.34. The van der Waals surface area contributed by atoms with Gasteiger partial charge in [-0.1, -0.05) is 36.4 Å². The number of rotatable bonds is 3. The predicted octanol–water partition coefficient (Wildman–Crippen LogP) is 4.29. The molecule has 1 N–H and O–H groups in total. The van der Waals surface area contributed by atoms with Gasteiger partial charge in [-0.3, -0.25) is 0 Å². The summed E-state index contributed by atoms with van der Waals surface area (Å²) in [7, 11) is 0. The molecule has 0 aromatic heterocycles. The number of nitrogens with zero attached hydrogens (tertiary/aromatic N) is 1. The third-order valence-corrected chi connectivity index (χ3v) is 4.34. The zero-order chi connectivity index (χ0) is 14.7. The van der Waals surface area contributed by atoms with Crippen molar-refractivity contribution in [1.82, 2.24) is 5.32 Å². The van der Waals surface area contributed by atoms with Gasteiger partial charge in [-0.05, 0) is 55.0 Å². The second kappa shape index (κ2) is 6.11. The molecule has 2 heteroatoms. The van der Waals surface area contributed by atoms with Gasteiger partial charge in [0.15, 0.2) is 0 Å². The lowest BCUT2D eigenvalue weighted by Gasteiger charge is -2.29. The highest BCUT2D eigenvalue weighted by molar-refractivity contribution is 5.35. The van der Waals surface area contributed by atoms with Crippen LogP contribution >= 0.6 is 0 Å². The van der Waals surface area contributed by atoms with Crippen LogP contribution in [0.5, 0.6) is 0 Å². The van der Waals surface area contributed by atoms with E-state index in [9.17, 15) is 0 Å². The molecule has 0 saturated carbocycles. The topological polar surface area (TPSA) is 35.8 Å². The van der Waals surface area contributed by atoms with Crippen LogP contribution in [0.3, 0.4) is 0 Å². The molecule has 0 amide bonds. The van der Waals surface area contributed by atoms with Crippen molar-refractivity contribution in [1.29, 1.82) is 5.26 Å². The molecule has 0 saturated heterocycles. The Morgan fingerprint density at radius 2 is 2.05 bits per heavy atom.